The third-order valence-electron chi connectivity index (χ3n) is 4.92. The van der Waals surface area contributed by atoms with Gasteiger partial charge >= 0.3 is 0 Å². The highest BCUT2D eigenvalue weighted by Crippen LogP contribution is 2.31. The first-order valence-corrected chi connectivity index (χ1v) is 12.1. The Morgan fingerprint density at radius 3 is 2.97 bits per heavy atom. The minimum absolute atomic E-state index is 0.0419. The Labute approximate surface area is 177 Å². The summed E-state index contributed by atoms with van der Waals surface area (Å²) in [7, 11) is -3.05. The number of Topliss-reactive ketones (excluding diaryl/α,β-unsaturated/α-hetero) is 1. The van der Waals surface area contributed by atoms with Crippen LogP contribution in [-0.4, -0.2) is 58.7 Å². The lowest BCUT2D eigenvalue weighted by Gasteiger charge is -2.18. The van der Waals surface area contributed by atoms with Gasteiger partial charge in [0.1, 0.15) is 11.6 Å². The zero-order valence-electron chi connectivity index (χ0n) is 16.0. The van der Waals surface area contributed by atoms with Crippen molar-refractivity contribution >= 4 is 39.0 Å². The summed E-state index contributed by atoms with van der Waals surface area (Å²) in [4.78, 5) is 24.2. The van der Waals surface area contributed by atoms with E-state index in [0.29, 0.717) is 40.9 Å². The van der Waals surface area contributed by atoms with Crippen LogP contribution in [-0.2, 0) is 21.2 Å². The van der Waals surface area contributed by atoms with Crippen molar-refractivity contribution in [2.75, 3.05) is 29.2 Å². The molecule has 0 spiro atoms. The quantitative estimate of drug-likeness (QED) is 0.386. The maximum absolute atomic E-state index is 12.7. The largest absolute Gasteiger partial charge is 0.482 e. The number of nitrogens with zero attached hydrogens (tertiary/aromatic N) is 3. The smallest absolute Gasteiger partial charge is 0.262 e. The molecule has 4 rings (SSSR count). The zero-order chi connectivity index (χ0) is 21.3. The summed E-state index contributed by atoms with van der Waals surface area (Å²) in [5, 5.41) is 11.6. The number of allylic oxidation sites excluding steroid dienone is 1. The second kappa shape index (κ2) is 8.23. The highest BCUT2D eigenvalue weighted by molar-refractivity contribution is 7.99. The number of benzene rings is 1. The van der Waals surface area contributed by atoms with Gasteiger partial charge in [0.05, 0.1) is 22.9 Å². The maximum atomic E-state index is 12.7. The molecule has 2 aliphatic rings. The van der Waals surface area contributed by atoms with Crippen LogP contribution in [0.5, 0.6) is 5.75 Å². The Morgan fingerprint density at radius 2 is 2.23 bits per heavy atom. The molecule has 2 aromatic rings. The van der Waals surface area contributed by atoms with Gasteiger partial charge in [0.2, 0.25) is 0 Å². The number of thioether (sulfide) groups is 1. The molecule has 11 heteroatoms. The fourth-order valence-corrected chi connectivity index (χ4v) is 6.07. The van der Waals surface area contributed by atoms with Crippen LogP contribution in [0.2, 0.25) is 0 Å². The Bertz CT molecular complexity index is 1130. The van der Waals surface area contributed by atoms with Crippen molar-refractivity contribution < 1.29 is 22.7 Å². The lowest BCUT2D eigenvalue weighted by molar-refractivity contribution is -0.118. The highest BCUT2D eigenvalue weighted by Gasteiger charge is 2.33. The molecule has 1 amide bonds. The number of fused-ring (bicyclic) bond motifs is 1. The van der Waals surface area contributed by atoms with Gasteiger partial charge in [0.15, 0.2) is 27.4 Å². The van der Waals surface area contributed by atoms with Crippen LogP contribution in [0.3, 0.4) is 0 Å². The van der Waals surface area contributed by atoms with E-state index in [9.17, 15) is 18.0 Å². The normalized spacial score (nSPS) is 19.6. The summed E-state index contributed by atoms with van der Waals surface area (Å²) in [5.74, 6) is 0.872. The fourth-order valence-electron chi connectivity index (χ4n) is 3.48. The molecule has 30 heavy (non-hydrogen) atoms. The first kappa shape index (κ1) is 20.6. The van der Waals surface area contributed by atoms with E-state index in [-0.39, 0.29) is 41.5 Å². The number of nitrogens with one attached hydrogen (secondary N) is 1. The number of hydrogen-bond donors (Lipinski definition) is 1. The molecular formula is C19H20N4O5S2. The van der Waals surface area contributed by atoms with Crippen molar-refractivity contribution in [3.8, 4) is 5.75 Å². The van der Waals surface area contributed by atoms with Crippen molar-refractivity contribution in [1.82, 2.24) is 14.8 Å². The topological polar surface area (TPSA) is 120 Å². The van der Waals surface area contributed by atoms with E-state index in [4.69, 9.17) is 4.74 Å². The van der Waals surface area contributed by atoms with Crippen LogP contribution in [0.15, 0.2) is 36.0 Å². The molecule has 0 radical (unpaired) electrons. The summed E-state index contributed by atoms with van der Waals surface area (Å²) in [5.41, 5.74) is 0.922. The van der Waals surface area contributed by atoms with E-state index in [1.807, 2.05) is 4.57 Å². The number of aromatic nitrogens is 3. The van der Waals surface area contributed by atoms with Gasteiger partial charge in [-0.2, -0.15) is 0 Å². The number of hydrogen-bond acceptors (Lipinski definition) is 8. The first-order chi connectivity index (χ1) is 14.4. The van der Waals surface area contributed by atoms with Crippen molar-refractivity contribution in [3.05, 3.63) is 42.2 Å². The van der Waals surface area contributed by atoms with Crippen LogP contribution in [0, 0.1) is 0 Å². The van der Waals surface area contributed by atoms with E-state index >= 15 is 0 Å². The Morgan fingerprint density at radius 1 is 1.40 bits per heavy atom. The molecule has 3 heterocycles. The highest BCUT2D eigenvalue weighted by atomic mass is 32.2. The van der Waals surface area contributed by atoms with Crippen molar-refractivity contribution in [2.45, 2.75) is 24.0 Å². The molecule has 1 atom stereocenters. The average molecular weight is 449 g/mol. The number of sulfone groups is 1. The van der Waals surface area contributed by atoms with E-state index in [0.717, 1.165) is 0 Å². The van der Waals surface area contributed by atoms with Crippen molar-refractivity contribution in [2.24, 2.45) is 0 Å². The van der Waals surface area contributed by atoms with Crippen LogP contribution < -0.4 is 10.1 Å². The number of carbonyl (C=O) groups is 2. The van der Waals surface area contributed by atoms with Gasteiger partial charge in [-0.1, -0.05) is 17.8 Å². The van der Waals surface area contributed by atoms with Gasteiger partial charge in [0.25, 0.3) is 5.91 Å². The van der Waals surface area contributed by atoms with Crippen LogP contribution in [0.4, 0.5) is 5.69 Å². The second-order valence-corrected chi connectivity index (χ2v) is 10.3. The third kappa shape index (κ3) is 4.26. The van der Waals surface area contributed by atoms with Gasteiger partial charge < -0.3 is 14.6 Å². The van der Waals surface area contributed by atoms with E-state index in [1.165, 1.54) is 11.8 Å². The Kier molecular flexibility index (Phi) is 5.65. The van der Waals surface area contributed by atoms with Crippen LogP contribution >= 0.6 is 11.8 Å². The first-order valence-electron chi connectivity index (χ1n) is 9.33. The molecule has 1 N–H and O–H groups in total. The Balaban J connectivity index is 1.48. The van der Waals surface area contributed by atoms with Crippen molar-refractivity contribution in [3.63, 3.8) is 0 Å². The van der Waals surface area contributed by atoms with Gasteiger partial charge in [-0.3, -0.25) is 9.59 Å². The zero-order valence-corrected chi connectivity index (χ0v) is 17.7. The molecule has 158 valence electrons. The summed E-state index contributed by atoms with van der Waals surface area (Å²) in [6, 6.07) is 4.91. The number of rotatable bonds is 7. The number of anilines is 1. The minimum Gasteiger partial charge on any atom is -0.482 e. The molecular weight excluding hydrogens is 428 g/mol. The summed E-state index contributed by atoms with van der Waals surface area (Å²) < 4.78 is 30.8. The molecule has 0 bridgehead atoms. The maximum Gasteiger partial charge on any atom is 0.262 e. The van der Waals surface area contributed by atoms with Gasteiger partial charge in [0, 0.05) is 18.0 Å². The molecule has 1 aromatic heterocycles. The lowest BCUT2D eigenvalue weighted by atomic mass is 10.1. The molecule has 1 fully saturated rings. The van der Waals surface area contributed by atoms with Crippen molar-refractivity contribution in [1.29, 1.82) is 0 Å². The molecule has 1 aromatic carbocycles. The molecule has 1 saturated heterocycles. The predicted octanol–water partition coefficient (Wildman–Crippen LogP) is 1.67. The predicted molar refractivity (Wildman–Crippen MR) is 112 cm³/mol. The monoisotopic (exact) mass is 448 g/mol. The third-order valence-corrected chi connectivity index (χ3v) is 7.66. The van der Waals surface area contributed by atoms with Crippen LogP contribution in [0.25, 0.3) is 0 Å². The number of ketones is 1. The van der Waals surface area contributed by atoms with E-state index in [2.05, 4.69) is 22.1 Å². The fraction of sp³-hybridized carbons (Fsp3) is 0.368. The Hall–Kier alpha value is -2.66. The number of amides is 1. The SMILES string of the molecule is C=CCn1c(SCC(=O)c2ccc3c(c2)NC(=O)CO3)nnc1[C@@H]1CCS(=O)(=O)C1. The molecule has 0 aliphatic carbocycles. The summed E-state index contributed by atoms with van der Waals surface area (Å²) in [6.45, 7) is 4.13. The van der Waals surface area contributed by atoms with Gasteiger partial charge in [-0.15, -0.1) is 16.8 Å². The average Bonchev–Trinajstić information content (AvgIpc) is 3.28. The molecule has 2 aliphatic heterocycles. The molecule has 0 saturated carbocycles. The van der Waals surface area contributed by atoms with Gasteiger partial charge in [-0.05, 0) is 24.6 Å². The minimum atomic E-state index is -3.05. The number of carbonyl (C=O) groups excluding carboxylic acids is 2. The standard InChI is InChI=1S/C19H20N4O5S2/c1-2-6-23-18(13-5-7-30(26,27)11-13)21-22-19(23)29-10-15(24)12-3-4-16-14(8-12)20-17(25)9-28-16/h2-4,8,13H,1,5-7,9-11H2,(H,20,25)/t13-/m1/s1. The second-order valence-electron chi connectivity index (χ2n) is 7.10. The molecule has 9 nitrogen and oxygen atoms in total. The lowest BCUT2D eigenvalue weighted by Crippen LogP contribution is -2.25. The molecule has 0 unspecified atom stereocenters. The summed E-state index contributed by atoms with van der Waals surface area (Å²) >= 11 is 1.23. The van der Waals surface area contributed by atoms with E-state index in [1.54, 1.807) is 24.3 Å². The van der Waals surface area contributed by atoms with Crippen LogP contribution in [0.1, 0.15) is 28.5 Å². The van der Waals surface area contributed by atoms with Gasteiger partial charge in [-0.25, -0.2) is 8.42 Å². The summed E-state index contributed by atoms with van der Waals surface area (Å²) in [6.07, 6.45) is 2.21. The van der Waals surface area contributed by atoms with E-state index < -0.39 is 9.84 Å². The number of ether oxygens (including phenoxy) is 1.